The zero-order chi connectivity index (χ0) is 13.0. The molecular weight excluding hydrogens is 234 g/mol. The van der Waals surface area contributed by atoms with Gasteiger partial charge < -0.3 is 10.1 Å². The zero-order valence-corrected chi connectivity index (χ0v) is 9.64. The van der Waals surface area contributed by atoms with Crippen molar-refractivity contribution in [2.24, 2.45) is 0 Å². The minimum Gasteiger partial charge on any atom is -0.465 e. The molecule has 6 heteroatoms. The van der Waals surface area contributed by atoms with E-state index in [4.69, 9.17) is 0 Å². The topological polar surface area (TPSA) is 84.1 Å². The van der Waals surface area contributed by atoms with E-state index >= 15 is 0 Å². The van der Waals surface area contributed by atoms with E-state index in [0.29, 0.717) is 16.9 Å². The monoisotopic (exact) mass is 245 g/mol. The Bertz CT molecular complexity index is 564. The highest BCUT2D eigenvalue weighted by molar-refractivity contribution is 6.03. The number of nitrogens with zero attached hydrogens (tertiary/aromatic N) is 1. The maximum absolute atomic E-state index is 11.7. The van der Waals surface area contributed by atoms with Gasteiger partial charge in [-0.2, -0.15) is 5.10 Å². The zero-order valence-electron chi connectivity index (χ0n) is 9.64. The summed E-state index contributed by atoms with van der Waals surface area (Å²) in [4.78, 5) is 23.1. The lowest BCUT2D eigenvalue weighted by Crippen LogP contribution is -2.13. The molecule has 18 heavy (non-hydrogen) atoms. The normalized spacial score (nSPS) is 9.83. The lowest BCUT2D eigenvalue weighted by atomic mass is 10.2. The third-order valence-corrected chi connectivity index (χ3v) is 2.29. The Kier molecular flexibility index (Phi) is 3.38. The fourth-order valence-corrected chi connectivity index (χ4v) is 1.42. The molecule has 0 spiro atoms. The van der Waals surface area contributed by atoms with E-state index in [1.165, 1.54) is 13.3 Å². The standard InChI is InChI=1S/C12H11N3O3/c1-18-12(17)8-3-2-4-9(7-8)14-11(16)10-5-6-13-15-10/h2-7H,1H3,(H,13,15)(H,14,16). The van der Waals surface area contributed by atoms with Gasteiger partial charge in [-0.1, -0.05) is 6.07 Å². The van der Waals surface area contributed by atoms with Gasteiger partial charge in [0.2, 0.25) is 0 Å². The Morgan fingerprint density at radius 2 is 2.17 bits per heavy atom. The first kappa shape index (κ1) is 11.8. The lowest BCUT2D eigenvalue weighted by Gasteiger charge is -2.05. The molecule has 0 aliphatic rings. The van der Waals surface area contributed by atoms with Crippen molar-refractivity contribution in [1.82, 2.24) is 10.2 Å². The molecule has 2 N–H and O–H groups in total. The Balaban J connectivity index is 2.15. The molecule has 2 aromatic rings. The molecule has 0 fully saturated rings. The van der Waals surface area contributed by atoms with Crippen molar-refractivity contribution in [3.05, 3.63) is 47.8 Å². The van der Waals surface area contributed by atoms with Crippen LogP contribution in [0.2, 0.25) is 0 Å². The van der Waals surface area contributed by atoms with Gasteiger partial charge in [0.25, 0.3) is 5.91 Å². The van der Waals surface area contributed by atoms with Crippen LogP contribution in [0.5, 0.6) is 0 Å². The summed E-state index contributed by atoms with van der Waals surface area (Å²) in [6.45, 7) is 0. The summed E-state index contributed by atoms with van der Waals surface area (Å²) in [5.74, 6) is -0.776. The average molecular weight is 245 g/mol. The molecule has 0 bridgehead atoms. The van der Waals surface area contributed by atoms with E-state index < -0.39 is 5.97 Å². The van der Waals surface area contributed by atoms with Gasteiger partial charge in [-0.15, -0.1) is 0 Å². The number of ether oxygens (including phenoxy) is 1. The van der Waals surface area contributed by atoms with E-state index in [1.807, 2.05) is 0 Å². The van der Waals surface area contributed by atoms with Gasteiger partial charge in [0.15, 0.2) is 0 Å². The number of anilines is 1. The number of H-pyrrole nitrogens is 1. The van der Waals surface area contributed by atoms with Gasteiger partial charge in [0.1, 0.15) is 5.69 Å². The molecule has 1 aromatic carbocycles. The van der Waals surface area contributed by atoms with Crippen LogP contribution in [0.3, 0.4) is 0 Å². The molecule has 1 heterocycles. The maximum atomic E-state index is 11.7. The van der Waals surface area contributed by atoms with Crippen molar-refractivity contribution < 1.29 is 14.3 Å². The van der Waals surface area contributed by atoms with E-state index in [0.717, 1.165) is 0 Å². The highest BCUT2D eigenvalue weighted by Gasteiger charge is 2.09. The van der Waals surface area contributed by atoms with Gasteiger partial charge >= 0.3 is 5.97 Å². The van der Waals surface area contributed by atoms with Crippen LogP contribution in [0.4, 0.5) is 5.69 Å². The summed E-state index contributed by atoms with van der Waals surface area (Å²) in [6, 6.07) is 8.05. The minimum atomic E-state index is -0.451. The van der Waals surface area contributed by atoms with E-state index in [9.17, 15) is 9.59 Å². The summed E-state index contributed by atoms with van der Waals surface area (Å²) >= 11 is 0. The van der Waals surface area contributed by atoms with Gasteiger partial charge in [-0.3, -0.25) is 9.89 Å². The van der Waals surface area contributed by atoms with Crippen LogP contribution in [-0.4, -0.2) is 29.2 Å². The summed E-state index contributed by atoms with van der Waals surface area (Å²) in [5.41, 5.74) is 1.23. The smallest absolute Gasteiger partial charge is 0.337 e. The molecule has 0 saturated heterocycles. The first-order chi connectivity index (χ1) is 8.70. The number of methoxy groups -OCH3 is 1. The number of hydrogen-bond donors (Lipinski definition) is 2. The first-order valence-corrected chi connectivity index (χ1v) is 5.20. The summed E-state index contributed by atoms with van der Waals surface area (Å²) < 4.78 is 4.60. The van der Waals surface area contributed by atoms with Crippen LogP contribution in [-0.2, 0) is 4.74 Å². The molecule has 1 amide bonds. The van der Waals surface area contributed by atoms with Crippen LogP contribution >= 0.6 is 0 Å². The molecule has 92 valence electrons. The number of esters is 1. The van der Waals surface area contributed by atoms with E-state index in [2.05, 4.69) is 20.3 Å². The highest BCUT2D eigenvalue weighted by Crippen LogP contribution is 2.12. The van der Waals surface area contributed by atoms with Gasteiger partial charge in [-0.25, -0.2) is 4.79 Å². The number of carbonyl (C=O) groups is 2. The number of benzene rings is 1. The van der Waals surface area contributed by atoms with Crippen LogP contribution < -0.4 is 5.32 Å². The van der Waals surface area contributed by atoms with Gasteiger partial charge in [0.05, 0.1) is 12.7 Å². The first-order valence-electron chi connectivity index (χ1n) is 5.20. The molecule has 2 rings (SSSR count). The van der Waals surface area contributed by atoms with Crippen molar-refractivity contribution in [1.29, 1.82) is 0 Å². The summed E-state index contributed by atoms with van der Waals surface area (Å²) in [7, 11) is 1.30. The second-order valence-corrected chi connectivity index (χ2v) is 3.50. The molecule has 0 aliphatic heterocycles. The SMILES string of the molecule is COC(=O)c1cccc(NC(=O)c2ccn[nH]2)c1. The maximum Gasteiger partial charge on any atom is 0.337 e. The number of aromatic nitrogens is 2. The molecule has 6 nitrogen and oxygen atoms in total. The second-order valence-electron chi connectivity index (χ2n) is 3.50. The lowest BCUT2D eigenvalue weighted by molar-refractivity contribution is 0.0600. The Hall–Kier alpha value is -2.63. The molecular formula is C12H11N3O3. The molecule has 0 unspecified atom stereocenters. The average Bonchev–Trinajstić information content (AvgIpc) is 2.92. The van der Waals surface area contributed by atoms with Crippen molar-refractivity contribution in [3.8, 4) is 0 Å². The van der Waals surface area contributed by atoms with Crippen LogP contribution in [0.25, 0.3) is 0 Å². The highest BCUT2D eigenvalue weighted by atomic mass is 16.5. The number of aromatic amines is 1. The fourth-order valence-electron chi connectivity index (χ4n) is 1.42. The Morgan fingerprint density at radius 3 is 2.83 bits per heavy atom. The van der Waals surface area contributed by atoms with Crippen LogP contribution in [0.1, 0.15) is 20.8 Å². The number of rotatable bonds is 3. The summed E-state index contributed by atoms with van der Waals surface area (Å²) in [6.07, 6.45) is 1.49. The van der Waals surface area contributed by atoms with Crippen molar-refractivity contribution in [3.63, 3.8) is 0 Å². The number of hydrogen-bond acceptors (Lipinski definition) is 4. The van der Waals surface area contributed by atoms with Crippen molar-refractivity contribution in [2.75, 3.05) is 12.4 Å². The van der Waals surface area contributed by atoms with Crippen LogP contribution in [0.15, 0.2) is 36.5 Å². The van der Waals surface area contributed by atoms with E-state index in [-0.39, 0.29) is 5.91 Å². The molecule has 0 radical (unpaired) electrons. The summed E-state index contributed by atoms with van der Waals surface area (Å²) in [5, 5.41) is 8.88. The predicted octanol–water partition coefficient (Wildman–Crippen LogP) is 1.45. The van der Waals surface area contributed by atoms with Crippen molar-refractivity contribution in [2.45, 2.75) is 0 Å². The molecule has 0 saturated carbocycles. The minimum absolute atomic E-state index is 0.325. The van der Waals surface area contributed by atoms with E-state index in [1.54, 1.807) is 30.3 Å². The molecule has 0 aliphatic carbocycles. The predicted molar refractivity (Wildman–Crippen MR) is 64.3 cm³/mol. The fraction of sp³-hybridized carbons (Fsp3) is 0.0833. The number of nitrogens with one attached hydrogen (secondary N) is 2. The third-order valence-electron chi connectivity index (χ3n) is 2.29. The Morgan fingerprint density at radius 1 is 1.33 bits per heavy atom. The van der Waals surface area contributed by atoms with Crippen LogP contribution in [0, 0.1) is 0 Å². The number of carbonyl (C=O) groups excluding carboxylic acids is 2. The molecule has 1 aromatic heterocycles. The second kappa shape index (κ2) is 5.13. The third kappa shape index (κ3) is 2.54. The molecule has 0 atom stereocenters. The van der Waals surface area contributed by atoms with Gasteiger partial charge in [0, 0.05) is 11.9 Å². The quantitative estimate of drug-likeness (QED) is 0.801. The van der Waals surface area contributed by atoms with Gasteiger partial charge in [-0.05, 0) is 24.3 Å². The number of amides is 1. The Labute approximate surface area is 103 Å². The largest absolute Gasteiger partial charge is 0.465 e. The van der Waals surface area contributed by atoms with Crippen molar-refractivity contribution >= 4 is 17.6 Å².